The molecule has 106 valence electrons. The molecule has 0 radical (unpaired) electrons. The van der Waals surface area contributed by atoms with Crippen molar-refractivity contribution >= 4 is 34.7 Å². The highest BCUT2D eigenvalue weighted by atomic mass is 35.5. The largest absolute Gasteiger partial charge is 0.331 e. The Morgan fingerprint density at radius 2 is 2.05 bits per heavy atom. The normalized spacial score (nSPS) is 12.0. The van der Waals surface area contributed by atoms with E-state index in [1.165, 1.54) is 11.3 Å². The van der Waals surface area contributed by atoms with E-state index in [1.807, 2.05) is 0 Å². The molecule has 7 heteroatoms. The zero-order chi connectivity index (χ0) is 14.7. The van der Waals surface area contributed by atoms with Gasteiger partial charge >= 0.3 is 6.03 Å². The number of carbonyl (C=O) groups is 1. The topological polar surface area (TPSA) is 41.1 Å². The number of halogens is 3. The lowest BCUT2D eigenvalue weighted by Gasteiger charge is -2.13. The summed E-state index contributed by atoms with van der Waals surface area (Å²) in [6.45, 7) is 1.78. The highest BCUT2D eigenvalue weighted by molar-refractivity contribution is 7.16. The number of carbonyl (C=O) groups excluding carboxylic acids is 1. The number of rotatable bonds is 3. The van der Waals surface area contributed by atoms with Crippen molar-refractivity contribution in [3.63, 3.8) is 0 Å². The van der Waals surface area contributed by atoms with Gasteiger partial charge in [-0.25, -0.2) is 13.6 Å². The van der Waals surface area contributed by atoms with Crippen molar-refractivity contribution in [1.82, 2.24) is 5.32 Å². The maximum atomic E-state index is 13.4. The molecular weight excluding hydrogens is 306 g/mol. The summed E-state index contributed by atoms with van der Waals surface area (Å²) in [6, 6.07) is 5.63. The summed E-state index contributed by atoms with van der Waals surface area (Å²) >= 11 is 7.16. The molecule has 0 unspecified atom stereocenters. The second-order valence-corrected chi connectivity index (χ2v) is 5.83. The van der Waals surface area contributed by atoms with Crippen LogP contribution in [0.25, 0.3) is 0 Å². The first-order valence-electron chi connectivity index (χ1n) is 5.73. The van der Waals surface area contributed by atoms with E-state index in [2.05, 4.69) is 10.6 Å². The lowest BCUT2D eigenvalue weighted by molar-refractivity contribution is 0.249. The Labute approximate surface area is 123 Å². The summed E-state index contributed by atoms with van der Waals surface area (Å²) in [6.07, 6.45) is 0. The van der Waals surface area contributed by atoms with Gasteiger partial charge in [0.05, 0.1) is 16.1 Å². The van der Waals surface area contributed by atoms with Crippen LogP contribution in [-0.2, 0) is 0 Å². The number of benzene rings is 1. The molecule has 0 aliphatic heterocycles. The molecule has 1 heterocycles. The Kier molecular flexibility index (Phi) is 4.57. The number of amides is 2. The zero-order valence-electron chi connectivity index (χ0n) is 10.4. The Morgan fingerprint density at radius 3 is 2.65 bits per heavy atom. The molecule has 0 spiro atoms. The van der Waals surface area contributed by atoms with Crippen molar-refractivity contribution in [3.05, 3.63) is 51.2 Å². The lowest BCUT2D eigenvalue weighted by Crippen LogP contribution is -2.31. The second kappa shape index (κ2) is 6.19. The molecule has 2 amide bonds. The summed E-state index contributed by atoms with van der Waals surface area (Å²) in [7, 11) is 0. The molecule has 20 heavy (non-hydrogen) atoms. The third-order valence-electron chi connectivity index (χ3n) is 2.55. The summed E-state index contributed by atoms with van der Waals surface area (Å²) in [4.78, 5) is 12.6. The lowest BCUT2D eigenvalue weighted by atomic mass is 10.3. The summed E-state index contributed by atoms with van der Waals surface area (Å²) in [5.74, 6) is -1.53. The zero-order valence-corrected chi connectivity index (χ0v) is 12.0. The van der Waals surface area contributed by atoms with Gasteiger partial charge in [-0.15, -0.1) is 11.3 Å². The van der Waals surface area contributed by atoms with Crippen molar-refractivity contribution in [3.8, 4) is 0 Å². The molecule has 3 nitrogen and oxygen atoms in total. The van der Waals surface area contributed by atoms with Crippen LogP contribution in [0.2, 0.25) is 4.34 Å². The highest BCUT2D eigenvalue weighted by Gasteiger charge is 2.13. The van der Waals surface area contributed by atoms with E-state index in [-0.39, 0.29) is 11.7 Å². The smallest absolute Gasteiger partial charge is 0.319 e. The van der Waals surface area contributed by atoms with Crippen molar-refractivity contribution in [2.45, 2.75) is 13.0 Å². The van der Waals surface area contributed by atoms with Crippen molar-refractivity contribution < 1.29 is 13.6 Å². The van der Waals surface area contributed by atoms with Crippen molar-refractivity contribution in [2.75, 3.05) is 5.32 Å². The van der Waals surface area contributed by atoms with E-state index in [1.54, 1.807) is 19.1 Å². The summed E-state index contributed by atoms with van der Waals surface area (Å²) < 4.78 is 26.7. The average molecular weight is 317 g/mol. The maximum absolute atomic E-state index is 13.4. The Morgan fingerprint density at radius 1 is 1.30 bits per heavy atom. The SMILES string of the molecule is C[C@@H](NC(=O)Nc1ccc(F)cc1F)c1ccc(Cl)s1. The van der Waals surface area contributed by atoms with Crippen LogP contribution in [0.4, 0.5) is 19.3 Å². The predicted molar refractivity (Wildman–Crippen MR) is 76.3 cm³/mol. The van der Waals surface area contributed by atoms with Crippen LogP contribution < -0.4 is 10.6 Å². The van der Waals surface area contributed by atoms with Gasteiger partial charge in [0, 0.05) is 10.9 Å². The van der Waals surface area contributed by atoms with Crippen LogP contribution in [0.5, 0.6) is 0 Å². The van der Waals surface area contributed by atoms with Crippen LogP contribution in [0, 0.1) is 11.6 Å². The molecule has 0 aliphatic carbocycles. The number of thiophene rings is 1. The van der Waals surface area contributed by atoms with E-state index < -0.39 is 17.7 Å². The van der Waals surface area contributed by atoms with Gasteiger partial charge < -0.3 is 10.6 Å². The molecule has 0 saturated carbocycles. The van der Waals surface area contributed by atoms with Crippen molar-refractivity contribution in [2.24, 2.45) is 0 Å². The van der Waals surface area contributed by atoms with Crippen LogP contribution >= 0.6 is 22.9 Å². The van der Waals surface area contributed by atoms with Crippen molar-refractivity contribution in [1.29, 1.82) is 0 Å². The van der Waals surface area contributed by atoms with Gasteiger partial charge in [-0.2, -0.15) is 0 Å². The Balaban J connectivity index is 1.98. The molecule has 1 aromatic heterocycles. The first-order valence-corrected chi connectivity index (χ1v) is 6.93. The highest BCUT2D eigenvalue weighted by Crippen LogP contribution is 2.26. The van der Waals surface area contributed by atoms with Gasteiger partial charge in [0.15, 0.2) is 0 Å². The minimum absolute atomic E-state index is 0.0830. The van der Waals surface area contributed by atoms with E-state index >= 15 is 0 Å². The predicted octanol–water partition coefficient (Wildman–Crippen LogP) is 4.56. The first kappa shape index (κ1) is 14.7. The molecular formula is C13H11ClF2N2OS. The molecule has 0 aliphatic rings. The van der Waals surface area contributed by atoms with Crippen LogP contribution in [0.15, 0.2) is 30.3 Å². The average Bonchev–Trinajstić information content (AvgIpc) is 2.79. The number of urea groups is 1. The van der Waals surface area contributed by atoms with Crippen LogP contribution in [-0.4, -0.2) is 6.03 Å². The van der Waals surface area contributed by atoms with Crippen LogP contribution in [0.3, 0.4) is 0 Å². The van der Waals surface area contributed by atoms with Gasteiger partial charge in [0.1, 0.15) is 11.6 Å². The van der Waals surface area contributed by atoms with E-state index in [0.29, 0.717) is 10.4 Å². The van der Waals surface area contributed by atoms with Crippen LogP contribution in [0.1, 0.15) is 17.8 Å². The monoisotopic (exact) mass is 316 g/mol. The fraction of sp³-hybridized carbons (Fsp3) is 0.154. The third-order valence-corrected chi connectivity index (χ3v) is 3.96. The molecule has 0 fully saturated rings. The first-order chi connectivity index (χ1) is 9.45. The standard InChI is InChI=1S/C13H11ClF2N2OS/c1-7(11-4-5-12(14)20-11)17-13(19)18-10-3-2-8(15)6-9(10)16/h2-7H,1H3,(H2,17,18,19)/t7-/m1/s1. The third kappa shape index (κ3) is 3.68. The molecule has 2 N–H and O–H groups in total. The molecule has 0 saturated heterocycles. The quantitative estimate of drug-likeness (QED) is 0.856. The van der Waals surface area contributed by atoms with Gasteiger partial charge in [-0.1, -0.05) is 11.6 Å². The van der Waals surface area contributed by atoms with Gasteiger partial charge in [-0.05, 0) is 31.2 Å². The molecule has 2 rings (SSSR count). The minimum Gasteiger partial charge on any atom is -0.331 e. The molecule has 0 bridgehead atoms. The number of anilines is 1. The summed E-state index contributed by atoms with van der Waals surface area (Å²) in [5, 5.41) is 4.97. The van der Waals surface area contributed by atoms with E-state index in [4.69, 9.17) is 11.6 Å². The Hall–Kier alpha value is -1.66. The summed E-state index contributed by atoms with van der Waals surface area (Å²) in [5.41, 5.74) is -0.0830. The molecule has 1 atom stereocenters. The number of nitrogens with one attached hydrogen (secondary N) is 2. The fourth-order valence-electron chi connectivity index (χ4n) is 1.58. The van der Waals surface area contributed by atoms with Gasteiger partial charge in [-0.3, -0.25) is 0 Å². The van der Waals surface area contributed by atoms with E-state index in [9.17, 15) is 13.6 Å². The number of hydrogen-bond donors (Lipinski definition) is 2. The van der Waals surface area contributed by atoms with Gasteiger partial charge in [0.25, 0.3) is 0 Å². The maximum Gasteiger partial charge on any atom is 0.319 e. The van der Waals surface area contributed by atoms with Gasteiger partial charge in [0.2, 0.25) is 0 Å². The minimum atomic E-state index is -0.827. The van der Waals surface area contributed by atoms with E-state index in [0.717, 1.165) is 17.0 Å². The second-order valence-electron chi connectivity index (χ2n) is 4.09. The Bertz CT molecular complexity index is 633. The fourth-order valence-corrected chi connectivity index (χ4v) is 2.64. The molecule has 1 aromatic carbocycles. The number of hydrogen-bond acceptors (Lipinski definition) is 2. The molecule has 2 aromatic rings.